The van der Waals surface area contributed by atoms with E-state index in [4.69, 9.17) is 24.4 Å². The van der Waals surface area contributed by atoms with Crippen LogP contribution >= 0.6 is 0 Å². The molecule has 18 heteroatoms. The second kappa shape index (κ2) is 23.4. The molecule has 0 aliphatic carbocycles. The van der Waals surface area contributed by atoms with Crippen LogP contribution in [0, 0.1) is 26.2 Å². The zero-order valence-corrected chi connectivity index (χ0v) is 40.9. The lowest BCUT2D eigenvalue weighted by atomic mass is 9.94. The van der Waals surface area contributed by atoms with Crippen LogP contribution in [0.25, 0.3) is 0 Å². The Hall–Kier alpha value is -6.04. The number of carbonyl (C=O) groups is 4. The molecule has 3 aromatic rings. The quantitative estimate of drug-likeness (QED) is 0.0196. The summed E-state index contributed by atoms with van der Waals surface area (Å²) in [4.78, 5) is 54.9. The lowest BCUT2D eigenvalue weighted by Gasteiger charge is -2.30. The summed E-state index contributed by atoms with van der Waals surface area (Å²) in [6.07, 6.45) is 0.269. The first-order valence-corrected chi connectivity index (χ1v) is 23.9. The highest BCUT2D eigenvalue weighted by atomic mass is 32.2. The largest absolute Gasteiger partial charge is 0.487 e. The zero-order chi connectivity index (χ0) is 48.8. The fourth-order valence-electron chi connectivity index (χ4n) is 7.41. The highest BCUT2D eigenvalue weighted by Gasteiger charge is 2.37. The summed E-state index contributed by atoms with van der Waals surface area (Å²) < 4.78 is 52.5. The molecular formula is C48H69N7O10S. The molecule has 17 nitrogen and oxygen atoms in total. The molecule has 0 spiro atoms. The number of nitrogens with one attached hydrogen (secondary N) is 5. The lowest BCUT2D eigenvalue weighted by Crippen LogP contribution is -2.53. The number of rotatable bonds is 19. The Balaban J connectivity index is 1.44. The number of sulfonamides is 1. The molecule has 0 bridgehead atoms. The van der Waals surface area contributed by atoms with E-state index in [2.05, 4.69) is 20.8 Å². The van der Waals surface area contributed by atoms with E-state index in [-0.39, 0.29) is 56.5 Å². The van der Waals surface area contributed by atoms with Gasteiger partial charge in [0.1, 0.15) is 30.2 Å². The van der Waals surface area contributed by atoms with Crippen molar-refractivity contribution in [2.24, 2.45) is 0 Å². The third-order valence-electron chi connectivity index (χ3n) is 10.8. The number of amides is 4. The van der Waals surface area contributed by atoms with Crippen molar-refractivity contribution in [3.8, 4) is 5.75 Å². The molecule has 1 atom stereocenters. The third kappa shape index (κ3) is 16.1. The van der Waals surface area contributed by atoms with Gasteiger partial charge in [0.2, 0.25) is 5.96 Å². The Morgan fingerprint density at radius 3 is 2.03 bits per heavy atom. The number of urea groups is 1. The van der Waals surface area contributed by atoms with E-state index >= 15 is 0 Å². The molecule has 0 saturated carbocycles. The maximum atomic E-state index is 14.0. The molecule has 4 amide bonds. The molecule has 3 aromatic carbocycles. The molecule has 1 aliphatic heterocycles. The Morgan fingerprint density at radius 2 is 1.44 bits per heavy atom. The normalized spacial score (nSPS) is 13.4. The fraction of sp³-hybridized carbons (Fsp3) is 0.521. The minimum absolute atomic E-state index is 0.0179. The SMILES string of the molecule is Cc1c(C)c(S(=O)(=O)NC(=N)NCCC[C@H](CC(=O)OCc2ccccc2)NC(=O)N(CCCCN(C(=O)OC(C)(C)C)C(C)C)NC(=O)OCc2ccccc2)c(C)c2c1OC(C)(C)C2. The number of esters is 1. The van der Waals surface area contributed by atoms with Crippen molar-refractivity contribution in [2.75, 3.05) is 19.6 Å². The van der Waals surface area contributed by atoms with E-state index in [1.807, 2.05) is 83.1 Å². The standard InChI is InChI=1S/C48H69N7O10S/c1-32(2)54(46(59)65-47(6,7)8)26-17-18-27-55(52-45(58)63-31-37-22-15-12-16-23-37)44(57)51-38(28-40(56)62-30-36-20-13-11-14-21-36)24-19-25-50-43(49)53-66(60,61)42-34(4)33(3)41-39(35(42)5)29-48(9,10)64-41/h11-16,20-23,32,38H,17-19,24-31H2,1-10H3,(H,51,57)(H,52,58)(H3,49,50,53)/t38-/m1/s1. The van der Waals surface area contributed by atoms with Crippen molar-refractivity contribution < 1.29 is 46.5 Å². The lowest BCUT2D eigenvalue weighted by molar-refractivity contribution is -0.145. The highest BCUT2D eigenvalue weighted by Crippen LogP contribution is 2.43. The molecule has 66 heavy (non-hydrogen) atoms. The Kier molecular flexibility index (Phi) is 18.7. The number of nitrogens with zero attached hydrogens (tertiary/aromatic N) is 2. The van der Waals surface area contributed by atoms with Gasteiger partial charge in [-0.2, -0.15) is 0 Å². The van der Waals surface area contributed by atoms with Crippen LogP contribution in [0.5, 0.6) is 5.75 Å². The molecule has 0 unspecified atom stereocenters. The molecule has 1 heterocycles. The molecular weight excluding hydrogens is 867 g/mol. The number of hydrogen-bond donors (Lipinski definition) is 5. The van der Waals surface area contributed by atoms with E-state index < -0.39 is 57.4 Å². The number of hydrogen-bond acceptors (Lipinski definition) is 11. The summed E-state index contributed by atoms with van der Waals surface area (Å²) in [6, 6.07) is 16.5. The first kappa shape index (κ1) is 52.6. The van der Waals surface area contributed by atoms with Crippen LogP contribution in [0.3, 0.4) is 0 Å². The minimum atomic E-state index is -4.17. The molecule has 4 rings (SSSR count). The molecule has 5 N–H and O–H groups in total. The van der Waals surface area contributed by atoms with E-state index in [1.165, 1.54) is 0 Å². The Morgan fingerprint density at radius 1 is 0.848 bits per heavy atom. The van der Waals surface area contributed by atoms with Gasteiger partial charge in [0, 0.05) is 43.7 Å². The summed E-state index contributed by atoms with van der Waals surface area (Å²) >= 11 is 0. The van der Waals surface area contributed by atoms with Crippen molar-refractivity contribution in [3.63, 3.8) is 0 Å². The van der Waals surface area contributed by atoms with E-state index in [0.717, 1.165) is 27.3 Å². The van der Waals surface area contributed by atoms with Gasteiger partial charge in [0.15, 0.2) is 0 Å². The second-order valence-corrected chi connectivity index (χ2v) is 20.0. The minimum Gasteiger partial charge on any atom is -0.487 e. The van der Waals surface area contributed by atoms with Gasteiger partial charge in [-0.1, -0.05) is 60.7 Å². The summed E-state index contributed by atoms with van der Waals surface area (Å²) in [7, 11) is -4.17. The first-order chi connectivity index (χ1) is 31.0. The zero-order valence-electron chi connectivity index (χ0n) is 40.1. The fourth-order valence-corrected chi connectivity index (χ4v) is 8.94. The van der Waals surface area contributed by atoms with Crippen molar-refractivity contribution in [3.05, 3.63) is 94.0 Å². The first-order valence-electron chi connectivity index (χ1n) is 22.4. The third-order valence-corrected chi connectivity index (χ3v) is 12.4. The predicted octanol–water partition coefficient (Wildman–Crippen LogP) is 7.69. The summed E-state index contributed by atoms with van der Waals surface area (Å²) in [5.74, 6) is -0.333. The highest BCUT2D eigenvalue weighted by molar-refractivity contribution is 7.90. The van der Waals surface area contributed by atoms with Crippen LogP contribution in [-0.4, -0.2) is 91.4 Å². The van der Waals surface area contributed by atoms with Crippen molar-refractivity contribution in [1.29, 1.82) is 5.41 Å². The average Bonchev–Trinajstić information content (AvgIpc) is 3.57. The van der Waals surface area contributed by atoms with E-state index in [1.54, 1.807) is 51.7 Å². The van der Waals surface area contributed by atoms with E-state index in [0.29, 0.717) is 42.7 Å². The van der Waals surface area contributed by atoms with Gasteiger partial charge in [-0.15, -0.1) is 0 Å². The monoisotopic (exact) mass is 935 g/mol. The summed E-state index contributed by atoms with van der Waals surface area (Å²) in [6.45, 7) is 18.8. The number of hydrazine groups is 1. The van der Waals surface area contributed by atoms with Crippen LogP contribution in [0.4, 0.5) is 14.4 Å². The van der Waals surface area contributed by atoms with Gasteiger partial charge >= 0.3 is 24.2 Å². The van der Waals surface area contributed by atoms with E-state index in [9.17, 15) is 27.6 Å². The number of unbranched alkanes of at least 4 members (excludes halogenated alkanes) is 1. The van der Waals surface area contributed by atoms with Crippen LogP contribution in [0.1, 0.15) is 114 Å². The van der Waals surface area contributed by atoms with Crippen LogP contribution in [-0.2, 0) is 48.7 Å². The number of carbonyl (C=O) groups excluding carboxylic acids is 4. The van der Waals surface area contributed by atoms with Gasteiger partial charge in [-0.05, 0) is 123 Å². The van der Waals surface area contributed by atoms with Gasteiger partial charge in [0.05, 0.1) is 11.3 Å². The van der Waals surface area contributed by atoms with Crippen LogP contribution in [0.15, 0.2) is 65.6 Å². The summed E-state index contributed by atoms with van der Waals surface area (Å²) in [5.41, 5.74) is 5.55. The Labute approximate surface area is 390 Å². The number of benzene rings is 3. The Bertz CT molecular complexity index is 2270. The molecule has 0 fully saturated rings. The maximum Gasteiger partial charge on any atom is 0.426 e. The van der Waals surface area contributed by atoms with Crippen LogP contribution in [0.2, 0.25) is 0 Å². The number of fused-ring (bicyclic) bond motifs is 1. The van der Waals surface area contributed by atoms with Crippen molar-refractivity contribution in [1.82, 2.24) is 30.7 Å². The molecule has 0 aromatic heterocycles. The number of ether oxygens (including phenoxy) is 4. The van der Waals surface area contributed by atoms with Crippen molar-refractivity contribution in [2.45, 2.75) is 149 Å². The number of guanidine groups is 1. The maximum absolute atomic E-state index is 14.0. The summed E-state index contributed by atoms with van der Waals surface area (Å²) in [5, 5.41) is 15.2. The second-order valence-electron chi connectivity index (χ2n) is 18.4. The molecule has 0 saturated heterocycles. The average molecular weight is 936 g/mol. The predicted molar refractivity (Wildman–Crippen MR) is 251 cm³/mol. The van der Waals surface area contributed by atoms with Gasteiger partial charge in [-0.3, -0.25) is 10.2 Å². The van der Waals surface area contributed by atoms with Gasteiger partial charge in [-0.25, -0.2) is 38.0 Å². The molecule has 1 aliphatic rings. The molecule has 0 radical (unpaired) electrons. The van der Waals surface area contributed by atoms with Crippen molar-refractivity contribution >= 4 is 40.2 Å². The van der Waals surface area contributed by atoms with Gasteiger partial charge in [0.25, 0.3) is 10.0 Å². The van der Waals surface area contributed by atoms with Crippen LogP contribution < -0.4 is 25.5 Å². The van der Waals surface area contributed by atoms with Gasteiger partial charge < -0.3 is 34.5 Å². The topological polar surface area (TPSA) is 218 Å². The smallest absolute Gasteiger partial charge is 0.426 e. The molecule has 362 valence electrons.